The Balaban J connectivity index is 3.17. The van der Waals surface area contributed by atoms with E-state index < -0.39 is 0 Å². The lowest BCUT2D eigenvalue weighted by molar-refractivity contribution is 0.833. The molecule has 0 saturated carbocycles. The molecule has 0 aliphatic heterocycles. The van der Waals surface area contributed by atoms with E-state index in [1.54, 1.807) is 0 Å². The Morgan fingerprint density at radius 1 is 1.33 bits per heavy atom. The molecule has 1 radical (unpaired) electrons. The van der Waals surface area contributed by atoms with Gasteiger partial charge in [-0.15, -0.1) is 0 Å². The summed E-state index contributed by atoms with van der Waals surface area (Å²) in [5.74, 6) is 0. The average molecular weight is 85.0 g/mol. The van der Waals surface area contributed by atoms with Gasteiger partial charge in [-0.2, -0.15) is 5.53 Å². The highest BCUT2D eigenvalue weighted by Gasteiger charge is 1.52. The monoisotopic (exact) mass is 85.0 g/mol. The molecule has 6 heavy (non-hydrogen) atoms. The topological polar surface area (TPSA) is 95.6 Å². The lowest BCUT2D eigenvalue weighted by Crippen LogP contribution is -1.40. The van der Waals surface area contributed by atoms with Gasteiger partial charge in [-0.25, -0.2) is 0 Å². The fraction of sp³-hybridized carbons (Fsp3) is 0. The first kappa shape index (κ1) is 4.80. The minimum atomic E-state index is 2.17. The maximum Gasteiger partial charge on any atom is -0.00000000782 e. The van der Waals surface area contributed by atoms with E-state index in [0.717, 1.165) is 0 Å². The standard InChI is InChI=1S/HN6/c1-3-5-6-4-2/h1H/b3-1?,6-5+. The maximum absolute atomic E-state index is 7.42. The Bertz CT molecular complexity index is 58.1. The first-order chi connectivity index (χ1) is 2.91. The lowest BCUT2D eigenvalue weighted by atomic mass is 12.5. The number of nitrogens with one attached hydrogen (secondary N) is 1. The van der Waals surface area contributed by atoms with E-state index in [-0.39, 0.29) is 0 Å². The molecule has 0 unspecified atom stereocenters. The van der Waals surface area contributed by atoms with Crippen molar-refractivity contribution in [2.45, 2.75) is 0 Å². The van der Waals surface area contributed by atoms with Gasteiger partial charge in [0, 0.05) is 0 Å². The van der Waals surface area contributed by atoms with Crippen molar-refractivity contribution >= 4 is 0 Å². The third kappa shape index (κ3) is 2.80. The zero-order valence-electron chi connectivity index (χ0n) is 2.74. The first-order valence-corrected chi connectivity index (χ1v) is 1.02. The van der Waals surface area contributed by atoms with Crippen LogP contribution >= 0.6 is 0 Å². The first-order valence-electron chi connectivity index (χ1n) is 1.02. The summed E-state index contributed by atoms with van der Waals surface area (Å²) in [6.07, 6.45) is 0. The minimum absolute atomic E-state index is 2.17. The summed E-state index contributed by atoms with van der Waals surface area (Å²) >= 11 is 0. The molecule has 0 bridgehead atoms. The van der Waals surface area contributed by atoms with Crippen LogP contribution in [0.25, 0.3) is 0 Å². The molecule has 0 aromatic rings. The molecule has 0 aliphatic rings. The van der Waals surface area contributed by atoms with Crippen LogP contribution in [0.1, 0.15) is 0 Å². The van der Waals surface area contributed by atoms with Gasteiger partial charge in [0.2, 0.25) is 0 Å². The smallest absolute Gasteiger partial charge is 0.00000000782 e. The SMILES string of the molecule is [N]=N/N=N/N=N. The normalized spacial score (nSPS) is 8.67. The molecule has 0 aromatic heterocycles. The van der Waals surface area contributed by atoms with Gasteiger partial charge in [0.1, 0.15) is 0 Å². The third-order valence-corrected chi connectivity index (χ3v) is 0.125. The summed E-state index contributed by atoms with van der Waals surface area (Å²) in [5.41, 5.74) is 13.3. The van der Waals surface area contributed by atoms with Gasteiger partial charge in [0.05, 0.1) is 0 Å². The third-order valence-electron chi connectivity index (χ3n) is 0.125. The Morgan fingerprint density at radius 2 is 2.00 bits per heavy atom. The summed E-state index contributed by atoms with van der Waals surface area (Å²) in [4.78, 5) is 0. The molecule has 0 saturated heterocycles. The van der Waals surface area contributed by atoms with E-state index >= 15 is 0 Å². The quantitative estimate of drug-likeness (QED) is 0.374. The van der Waals surface area contributed by atoms with Crippen LogP contribution in [0.5, 0.6) is 0 Å². The van der Waals surface area contributed by atoms with Crippen molar-refractivity contribution < 1.29 is 0 Å². The summed E-state index contributed by atoms with van der Waals surface area (Å²) in [7, 11) is 0. The Kier molecular flexibility index (Phi) is 3.04. The average Bonchev–Trinajstić information content (AvgIpc) is 1.61. The molecular weight excluding hydrogens is 84.0 g/mol. The van der Waals surface area contributed by atoms with Gasteiger partial charge in [-0.1, -0.05) is 0 Å². The molecule has 0 heterocycles. The van der Waals surface area contributed by atoms with Crippen molar-refractivity contribution in [3.8, 4) is 0 Å². The van der Waals surface area contributed by atoms with Crippen LogP contribution in [0.4, 0.5) is 0 Å². The molecule has 0 atom stereocenters. The van der Waals surface area contributed by atoms with Crippen LogP contribution in [-0.4, -0.2) is 0 Å². The fourth-order valence-electron chi connectivity index (χ4n) is 0.0379. The number of rotatable bonds is 2. The lowest BCUT2D eigenvalue weighted by Gasteiger charge is -1.55. The van der Waals surface area contributed by atoms with Crippen LogP contribution < -0.4 is 5.53 Å². The van der Waals surface area contributed by atoms with Gasteiger partial charge in [0.25, 0.3) is 0 Å². The molecule has 0 fully saturated rings. The van der Waals surface area contributed by atoms with Crippen molar-refractivity contribution in [3.05, 3.63) is 0 Å². The fourth-order valence-corrected chi connectivity index (χ4v) is 0.0379. The van der Waals surface area contributed by atoms with E-state index in [9.17, 15) is 0 Å². The molecule has 0 aliphatic carbocycles. The molecule has 1 N–H and O–H groups in total. The van der Waals surface area contributed by atoms with E-state index in [1.807, 2.05) is 0 Å². The van der Waals surface area contributed by atoms with E-state index in [2.05, 4.69) is 20.9 Å². The highest BCUT2D eigenvalue weighted by molar-refractivity contribution is 3.94. The predicted octanol–water partition coefficient (Wildman–Crippen LogP) is 0.552. The van der Waals surface area contributed by atoms with Gasteiger partial charge < -0.3 is 0 Å². The predicted molar refractivity (Wildman–Crippen MR) is 14.6 cm³/mol. The van der Waals surface area contributed by atoms with Crippen LogP contribution in [0.2, 0.25) is 0 Å². The molecule has 0 amide bonds. The highest BCUT2D eigenvalue weighted by atomic mass is 15.5. The van der Waals surface area contributed by atoms with Gasteiger partial charge in [-0.05, 0) is 26.4 Å². The van der Waals surface area contributed by atoms with Crippen molar-refractivity contribution in [1.29, 1.82) is 5.53 Å². The second-order valence-corrected chi connectivity index (χ2v) is 0.368. The number of nitrogens with zero attached hydrogens (tertiary/aromatic N) is 5. The van der Waals surface area contributed by atoms with Crippen LogP contribution in [0.15, 0.2) is 20.9 Å². The number of hydrogen-bond donors (Lipinski definition) is 1. The van der Waals surface area contributed by atoms with Crippen molar-refractivity contribution in [1.82, 2.24) is 5.53 Å². The van der Waals surface area contributed by atoms with Crippen LogP contribution in [0, 0.1) is 5.53 Å². The molecular formula is HN6. The summed E-state index contributed by atoms with van der Waals surface area (Å²) in [6, 6.07) is 0. The zero-order chi connectivity index (χ0) is 4.83. The van der Waals surface area contributed by atoms with Gasteiger partial charge >= 0.3 is 0 Å². The number of hydrogen-bond acceptors (Lipinski definition) is 1. The largest absolute Gasteiger partial charge is 0.183 e. The summed E-state index contributed by atoms with van der Waals surface area (Å²) in [6.45, 7) is 0. The Hall–Kier alpha value is -1.20. The van der Waals surface area contributed by atoms with Crippen LogP contribution in [-0.2, 0) is 0 Å². The van der Waals surface area contributed by atoms with E-state index in [4.69, 9.17) is 11.1 Å². The van der Waals surface area contributed by atoms with Gasteiger partial charge in [0.15, 0.2) is 0 Å². The summed E-state index contributed by atoms with van der Waals surface area (Å²) < 4.78 is 0. The second kappa shape index (κ2) is 3.80. The zero-order valence-corrected chi connectivity index (χ0v) is 2.74. The van der Waals surface area contributed by atoms with Crippen molar-refractivity contribution in [2.24, 2.45) is 20.9 Å². The Labute approximate surface area is 33.2 Å². The maximum atomic E-state index is 7.42. The molecule has 0 rings (SSSR count). The molecule has 0 aromatic carbocycles. The molecule has 6 heteroatoms. The Morgan fingerprint density at radius 3 is 2.17 bits per heavy atom. The van der Waals surface area contributed by atoms with Crippen molar-refractivity contribution in [2.75, 3.05) is 0 Å². The molecule has 6 nitrogen and oxygen atoms in total. The van der Waals surface area contributed by atoms with Crippen LogP contribution in [0.3, 0.4) is 0 Å². The second-order valence-electron chi connectivity index (χ2n) is 0.368. The minimum Gasteiger partial charge on any atom is -0.183 e. The van der Waals surface area contributed by atoms with Gasteiger partial charge in [-0.3, -0.25) is 0 Å². The van der Waals surface area contributed by atoms with E-state index in [0.29, 0.717) is 0 Å². The van der Waals surface area contributed by atoms with E-state index in [1.165, 1.54) is 0 Å². The highest BCUT2D eigenvalue weighted by Crippen LogP contribution is 1.70. The van der Waals surface area contributed by atoms with Crippen molar-refractivity contribution in [3.63, 3.8) is 0 Å². The summed E-state index contributed by atoms with van der Waals surface area (Å²) in [5, 5.41) is 9.68. The molecule has 0 spiro atoms. The molecule has 31 valence electrons.